The zero-order chi connectivity index (χ0) is 13.5. The van der Waals surface area contributed by atoms with Crippen molar-refractivity contribution in [3.8, 4) is 0 Å². The molecule has 0 spiro atoms. The van der Waals surface area contributed by atoms with Crippen LogP contribution in [0.15, 0.2) is 0 Å². The van der Waals surface area contributed by atoms with E-state index in [4.69, 9.17) is 4.74 Å². The van der Waals surface area contributed by atoms with Crippen LogP contribution >= 0.6 is 0 Å². The molecule has 1 saturated heterocycles. The van der Waals surface area contributed by atoms with E-state index in [0.717, 1.165) is 25.9 Å². The molecule has 5 heteroatoms. The third kappa shape index (κ3) is 5.04. The average molecular weight is 256 g/mol. The van der Waals surface area contributed by atoms with Crippen LogP contribution in [-0.2, 0) is 14.3 Å². The number of amides is 2. The number of nitrogens with zero attached hydrogens (tertiary/aromatic N) is 1. The first-order valence-corrected chi connectivity index (χ1v) is 6.69. The molecule has 0 aromatic rings. The van der Waals surface area contributed by atoms with Crippen LogP contribution in [0, 0.1) is 0 Å². The Balaban J connectivity index is 2.41. The van der Waals surface area contributed by atoms with Gasteiger partial charge in [0, 0.05) is 26.1 Å². The fourth-order valence-electron chi connectivity index (χ4n) is 1.93. The van der Waals surface area contributed by atoms with Crippen molar-refractivity contribution in [2.75, 3.05) is 19.7 Å². The van der Waals surface area contributed by atoms with Gasteiger partial charge in [-0.05, 0) is 26.2 Å². The molecule has 1 fully saturated rings. The van der Waals surface area contributed by atoms with Crippen molar-refractivity contribution in [3.05, 3.63) is 0 Å². The second-order valence-corrected chi connectivity index (χ2v) is 4.91. The highest BCUT2D eigenvalue weighted by atomic mass is 16.5. The molecular weight excluding hydrogens is 232 g/mol. The van der Waals surface area contributed by atoms with Gasteiger partial charge in [-0.25, -0.2) is 0 Å². The summed E-state index contributed by atoms with van der Waals surface area (Å²) in [6.45, 7) is 6.86. The molecule has 0 aliphatic carbocycles. The fourth-order valence-corrected chi connectivity index (χ4v) is 1.93. The fraction of sp³-hybridized carbons (Fsp3) is 0.846. The van der Waals surface area contributed by atoms with Gasteiger partial charge in [0.15, 0.2) is 0 Å². The maximum atomic E-state index is 11.8. The molecule has 2 unspecified atom stereocenters. The van der Waals surface area contributed by atoms with E-state index >= 15 is 0 Å². The lowest BCUT2D eigenvalue weighted by atomic mass is 10.2. The van der Waals surface area contributed by atoms with E-state index in [-0.39, 0.29) is 30.5 Å². The van der Waals surface area contributed by atoms with Crippen LogP contribution in [0.2, 0.25) is 0 Å². The predicted octanol–water partition coefficient (Wildman–Crippen LogP) is 0.929. The molecule has 2 amide bonds. The average Bonchev–Trinajstić information content (AvgIpc) is 2.80. The van der Waals surface area contributed by atoms with Crippen LogP contribution in [0.4, 0.5) is 0 Å². The Hall–Kier alpha value is -1.10. The topological polar surface area (TPSA) is 58.6 Å². The van der Waals surface area contributed by atoms with Crippen molar-refractivity contribution < 1.29 is 14.3 Å². The molecule has 1 aliphatic rings. The maximum absolute atomic E-state index is 11.8. The minimum atomic E-state index is -0.0995. The largest absolute Gasteiger partial charge is 0.376 e. The molecule has 0 saturated carbocycles. The second kappa shape index (κ2) is 7.36. The van der Waals surface area contributed by atoms with Gasteiger partial charge in [0.1, 0.15) is 0 Å². The summed E-state index contributed by atoms with van der Waals surface area (Å²) in [5, 5.41) is 2.87. The number of nitrogens with one attached hydrogen (secondary N) is 1. The lowest BCUT2D eigenvalue weighted by Crippen LogP contribution is -2.45. The van der Waals surface area contributed by atoms with Gasteiger partial charge in [0.25, 0.3) is 0 Å². The van der Waals surface area contributed by atoms with Crippen LogP contribution in [0.1, 0.15) is 40.0 Å². The van der Waals surface area contributed by atoms with Gasteiger partial charge >= 0.3 is 0 Å². The molecule has 1 heterocycles. The lowest BCUT2D eigenvalue weighted by Gasteiger charge is -2.24. The SMILES string of the molecule is CCC(C)NC(=O)CN(CC1CCCO1)C(C)=O. The highest BCUT2D eigenvalue weighted by Gasteiger charge is 2.22. The van der Waals surface area contributed by atoms with Crippen molar-refractivity contribution >= 4 is 11.8 Å². The summed E-state index contributed by atoms with van der Waals surface area (Å²) in [6.07, 6.45) is 2.98. The summed E-state index contributed by atoms with van der Waals surface area (Å²) < 4.78 is 5.49. The molecule has 0 aromatic carbocycles. The van der Waals surface area contributed by atoms with Gasteiger partial charge in [0.2, 0.25) is 11.8 Å². The van der Waals surface area contributed by atoms with E-state index < -0.39 is 0 Å². The zero-order valence-corrected chi connectivity index (χ0v) is 11.6. The Morgan fingerprint density at radius 2 is 2.22 bits per heavy atom. The summed E-state index contributed by atoms with van der Waals surface area (Å²) in [4.78, 5) is 24.8. The smallest absolute Gasteiger partial charge is 0.239 e. The van der Waals surface area contributed by atoms with E-state index in [1.54, 1.807) is 4.90 Å². The Bertz CT molecular complexity index is 288. The zero-order valence-electron chi connectivity index (χ0n) is 11.6. The Labute approximate surface area is 109 Å². The van der Waals surface area contributed by atoms with Crippen LogP contribution in [0.3, 0.4) is 0 Å². The van der Waals surface area contributed by atoms with E-state index in [1.165, 1.54) is 6.92 Å². The number of carbonyl (C=O) groups excluding carboxylic acids is 2. The Morgan fingerprint density at radius 3 is 2.72 bits per heavy atom. The highest BCUT2D eigenvalue weighted by molar-refractivity contribution is 5.83. The first-order valence-electron chi connectivity index (χ1n) is 6.69. The number of carbonyl (C=O) groups is 2. The summed E-state index contributed by atoms with van der Waals surface area (Å²) in [6, 6.07) is 0.147. The Morgan fingerprint density at radius 1 is 1.50 bits per heavy atom. The summed E-state index contributed by atoms with van der Waals surface area (Å²) >= 11 is 0. The third-order valence-corrected chi connectivity index (χ3v) is 3.25. The van der Waals surface area contributed by atoms with Crippen LogP contribution in [-0.4, -0.2) is 48.6 Å². The van der Waals surface area contributed by atoms with Crippen molar-refractivity contribution in [1.29, 1.82) is 0 Å². The van der Waals surface area contributed by atoms with E-state index in [1.807, 2.05) is 13.8 Å². The second-order valence-electron chi connectivity index (χ2n) is 4.91. The number of ether oxygens (including phenoxy) is 1. The normalized spacial score (nSPS) is 20.5. The van der Waals surface area contributed by atoms with Gasteiger partial charge in [-0.15, -0.1) is 0 Å². The van der Waals surface area contributed by atoms with Crippen molar-refractivity contribution in [3.63, 3.8) is 0 Å². The number of hydrogen-bond donors (Lipinski definition) is 1. The molecule has 1 aliphatic heterocycles. The standard InChI is InChI=1S/C13H24N2O3/c1-4-10(2)14-13(17)9-15(11(3)16)8-12-6-5-7-18-12/h10,12H,4-9H2,1-3H3,(H,14,17). The van der Waals surface area contributed by atoms with Gasteiger partial charge in [-0.2, -0.15) is 0 Å². The van der Waals surface area contributed by atoms with Gasteiger partial charge in [0.05, 0.1) is 12.6 Å². The molecule has 2 atom stereocenters. The molecule has 0 radical (unpaired) electrons. The number of rotatable bonds is 6. The molecule has 1 rings (SSSR count). The molecular formula is C13H24N2O3. The van der Waals surface area contributed by atoms with E-state index in [0.29, 0.717) is 6.54 Å². The van der Waals surface area contributed by atoms with Gasteiger partial charge < -0.3 is 15.0 Å². The lowest BCUT2D eigenvalue weighted by molar-refractivity contribution is -0.136. The molecule has 5 nitrogen and oxygen atoms in total. The van der Waals surface area contributed by atoms with Crippen LogP contribution < -0.4 is 5.32 Å². The van der Waals surface area contributed by atoms with E-state index in [2.05, 4.69) is 5.32 Å². The predicted molar refractivity (Wildman–Crippen MR) is 69.1 cm³/mol. The quantitative estimate of drug-likeness (QED) is 0.769. The van der Waals surface area contributed by atoms with Gasteiger partial charge in [-0.3, -0.25) is 9.59 Å². The summed E-state index contributed by atoms with van der Waals surface area (Å²) in [5.41, 5.74) is 0. The third-order valence-electron chi connectivity index (χ3n) is 3.25. The summed E-state index contributed by atoms with van der Waals surface area (Å²) in [7, 11) is 0. The van der Waals surface area contributed by atoms with Gasteiger partial charge in [-0.1, -0.05) is 6.92 Å². The monoisotopic (exact) mass is 256 g/mol. The Kier molecular flexibility index (Phi) is 6.12. The first-order chi connectivity index (χ1) is 8.52. The van der Waals surface area contributed by atoms with E-state index in [9.17, 15) is 9.59 Å². The summed E-state index contributed by atoms with van der Waals surface area (Å²) in [5.74, 6) is -0.178. The maximum Gasteiger partial charge on any atom is 0.239 e. The van der Waals surface area contributed by atoms with Crippen molar-refractivity contribution in [2.45, 2.75) is 52.2 Å². The number of hydrogen-bond acceptors (Lipinski definition) is 3. The first kappa shape index (κ1) is 15.0. The van der Waals surface area contributed by atoms with Crippen LogP contribution in [0.5, 0.6) is 0 Å². The minimum Gasteiger partial charge on any atom is -0.376 e. The van der Waals surface area contributed by atoms with Crippen molar-refractivity contribution in [2.24, 2.45) is 0 Å². The van der Waals surface area contributed by atoms with Crippen molar-refractivity contribution in [1.82, 2.24) is 10.2 Å². The highest BCUT2D eigenvalue weighted by Crippen LogP contribution is 2.13. The van der Waals surface area contributed by atoms with Crippen LogP contribution in [0.25, 0.3) is 0 Å². The minimum absolute atomic E-state index is 0.0789. The molecule has 1 N–H and O–H groups in total. The molecule has 0 bridgehead atoms. The molecule has 0 aromatic heterocycles. The molecule has 104 valence electrons. The molecule has 18 heavy (non-hydrogen) atoms.